The third-order valence-electron chi connectivity index (χ3n) is 6.77. The summed E-state index contributed by atoms with van der Waals surface area (Å²) in [6.07, 6.45) is 25.1. The molecule has 3 nitrogen and oxygen atoms in total. The highest BCUT2D eigenvalue weighted by Gasteiger charge is 2.42. The van der Waals surface area contributed by atoms with Crippen molar-refractivity contribution in [2.75, 3.05) is 0 Å². The molecule has 32 heavy (non-hydrogen) atoms. The van der Waals surface area contributed by atoms with E-state index in [1.807, 2.05) is 0 Å². The van der Waals surface area contributed by atoms with E-state index in [-0.39, 0.29) is 12.8 Å². The number of unbranched alkanes of at least 4 members (excludes halogenated alkanes) is 20. The molecule has 0 saturated heterocycles. The van der Waals surface area contributed by atoms with Gasteiger partial charge >= 0.3 is 0 Å². The lowest BCUT2D eigenvalue weighted by Gasteiger charge is -2.22. The predicted octanol–water partition coefficient (Wildman–Crippen LogP) is 9.94. The normalized spacial score (nSPS) is 14.0. The van der Waals surface area contributed by atoms with Crippen LogP contribution in [-0.2, 0) is 10.1 Å². The number of alkyl halides is 1. The van der Waals surface area contributed by atoms with Crippen LogP contribution in [0.4, 0.5) is 4.39 Å². The molecular formula is C27H55FO3S. The van der Waals surface area contributed by atoms with Gasteiger partial charge in [0.2, 0.25) is 5.00 Å². The highest BCUT2D eigenvalue weighted by molar-refractivity contribution is 7.87. The molecule has 0 aliphatic rings. The molecule has 1 N–H and O–H groups in total. The quantitative estimate of drug-likeness (QED) is 0.105. The van der Waals surface area contributed by atoms with Gasteiger partial charge in [-0.1, -0.05) is 142 Å². The maximum absolute atomic E-state index is 15.0. The summed E-state index contributed by atoms with van der Waals surface area (Å²) >= 11 is 0. The van der Waals surface area contributed by atoms with Gasteiger partial charge in [0.1, 0.15) is 0 Å². The molecule has 0 rings (SSSR count). The van der Waals surface area contributed by atoms with Crippen LogP contribution in [0.3, 0.4) is 0 Å². The van der Waals surface area contributed by atoms with Gasteiger partial charge < -0.3 is 0 Å². The van der Waals surface area contributed by atoms with Gasteiger partial charge in [0, 0.05) is 0 Å². The van der Waals surface area contributed by atoms with E-state index in [0.29, 0.717) is 12.8 Å². The number of rotatable bonds is 25. The second-order valence-corrected chi connectivity index (χ2v) is 11.6. The molecule has 0 aliphatic carbocycles. The molecule has 0 radical (unpaired) electrons. The van der Waals surface area contributed by atoms with E-state index < -0.39 is 15.1 Å². The van der Waals surface area contributed by atoms with Crippen molar-refractivity contribution in [3.8, 4) is 0 Å². The molecule has 194 valence electrons. The lowest BCUT2D eigenvalue weighted by molar-refractivity contribution is 0.203. The summed E-state index contributed by atoms with van der Waals surface area (Å²) in [5.41, 5.74) is 0. The SMILES string of the molecule is CCCCCCCCCCCCCCCCC(F)(CCCCCCCCCC)S(=O)(=O)O. The van der Waals surface area contributed by atoms with E-state index in [9.17, 15) is 17.4 Å². The number of hydrogen-bond donors (Lipinski definition) is 1. The molecule has 0 amide bonds. The van der Waals surface area contributed by atoms with E-state index in [2.05, 4.69) is 13.8 Å². The van der Waals surface area contributed by atoms with Crippen LogP contribution in [0.25, 0.3) is 0 Å². The van der Waals surface area contributed by atoms with Crippen molar-refractivity contribution in [2.24, 2.45) is 0 Å². The molecule has 0 heterocycles. The largest absolute Gasteiger partial charge is 0.300 e. The summed E-state index contributed by atoms with van der Waals surface area (Å²) in [4.78, 5) is 0. The highest BCUT2D eigenvalue weighted by Crippen LogP contribution is 2.32. The summed E-state index contributed by atoms with van der Waals surface area (Å²) in [6, 6.07) is 0. The van der Waals surface area contributed by atoms with Gasteiger partial charge in [0.05, 0.1) is 0 Å². The third-order valence-corrected chi connectivity index (χ3v) is 8.10. The molecule has 1 atom stereocenters. The first kappa shape index (κ1) is 31.8. The first-order valence-corrected chi connectivity index (χ1v) is 15.5. The van der Waals surface area contributed by atoms with Crippen molar-refractivity contribution in [3.05, 3.63) is 0 Å². The molecule has 0 aromatic carbocycles. The topological polar surface area (TPSA) is 54.4 Å². The Morgan fingerprint density at radius 2 is 0.719 bits per heavy atom. The van der Waals surface area contributed by atoms with Crippen LogP contribution in [0.15, 0.2) is 0 Å². The highest BCUT2D eigenvalue weighted by atomic mass is 32.2. The van der Waals surface area contributed by atoms with E-state index in [0.717, 1.165) is 38.5 Å². The van der Waals surface area contributed by atoms with E-state index >= 15 is 0 Å². The van der Waals surface area contributed by atoms with E-state index in [1.54, 1.807) is 0 Å². The van der Waals surface area contributed by atoms with Gasteiger partial charge in [0.15, 0.2) is 0 Å². The molecule has 0 aromatic heterocycles. The minimum atomic E-state index is -4.65. The van der Waals surface area contributed by atoms with Gasteiger partial charge in [-0.3, -0.25) is 4.55 Å². The molecule has 0 saturated carbocycles. The van der Waals surface area contributed by atoms with Crippen molar-refractivity contribution in [3.63, 3.8) is 0 Å². The van der Waals surface area contributed by atoms with E-state index in [4.69, 9.17) is 0 Å². The van der Waals surface area contributed by atoms with Crippen LogP contribution in [0, 0.1) is 0 Å². The zero-order chi connectivity index (χ0) is 24.0. The Hall–Kier alpha value is -0.160. The second kappa shape index (κ2) is 21.4. The van der Waals surface area contributed by atoms with Crippen molar-refractivity contribution < 1.29 is 17.4 Å². The first-order chi connectivity index (χ1) is 15.4. The Balaban J connectivity index is 3.74. The molecule has 0 aromatic rings. The summed E-state index contributed by atoms with van der Waals surface area (Å²) in [7, 11) is -4.65. The lowest BCUT2D eigenvalue weighted by Crippen LogP contribution is -2.33. The monoisotopic (exact) mass is 478 g/mol. The second-order valence-electron chi connectivity index (χ2n) is 9.93. The summed E-state index contributed by atoms with van der Waals surface area (Å²) < 4.78 is 47.7. The minimum absolute atomic E-state index is 0.0691. The smallest absolute Gasteiger partial charge is 0.283 e. The van der Waals surface area contributed by atoms with Crippen LogP contribution in [-0.4, -0.2) is 18.0 Å². The van der Waals surface area contributed by atoms with Crippen LogP contribution in [0.1, 0.15) is 168 Å². The van der Waals surface area contributed by atoms with E-state index in [1.165, 1.54) is 89.9 Å². The molecule has 1 unspecified atom stereocenters. The Morgan fingerprint density at radius 3 is 0.938 bits per heavy atom. The van der Waals surface area contributed by atoms with Gasteiger partial charge in [-0.25, -0.2) is 4.39 Å². The summed E-state index contributed by atoms with van der Waals surface area (Å²) in [5, 5.41) is -2.45. The fourth-order valence-corrected chi connectivity index (χ4v) is 5.29. The van der Waals surface area contributed by atoms with Crippen molar-refractivity contribution >= 4 is 10.1 Å². The zero-order valence-corrected chi connectivity index (χ0v) is 22.3. The maximum Gasteiger partial charge on any atom is 0.300 e. The summed E-state index contributed by atoms with van der Waals surface area (Å²) in [5.74, 6) is 0. The number of hydrogen-bond acceptors (Lipinski definition) is 2. The molecule has 0 bridgehead atoms. The average molecular weight is 479 g/mol. The Bertz CT molecular complexity index is 495. The average Bonchev–Trinajstić information content (AvgIpc) is 2.75. The van der Waals surface area contributed by atoms with Crippen molar-refractivity contribution in [1.29, 1.82) is 0 Å². The van der Waals surface area contributed by atoms with Gasteiger partial charge in [-0.2, -0.15) is 8.42 Å². The molecule has 0 spiro atoms. The lowest BCUT2D eigenvalue weighted by atomic mass is 10.0. The van der Waals surface area contributed by atoms with Gasteiger partial charge in [-0.15, -0.1) is 0 Å². The fourth-order valence-electron chi connectivity index (χ4n) is 4.49. The molecule has 5 heteroatoms. The van der Waals surface area contributed by atoms with Crippen molar-refractivity contribution in [1.82, 2.24) is 0 Å². The van der Waals surface area contributed by atoms with Crippen LogP contribution < -0.4 is 0 Å². The molecular weight excluding hydrogens is 423 g/mol. The number of halogens is 1. The Morgan fingerprint density at radius 1 is 0.500 bits per heavy atom. The van der Waals surface area contributed by atoms with Crippen LogP contribution in [0.5, 0.6) is 0 Å². The first-order valence-electron chi connectivity index (χ1n) is 14.0. The minimum Gasteiger partial charge on any atom is -0.283 e. The van der Waals surface area contributed by atoms with Gasteiger partial charge in [-0.05, 0) is 25.7 Å². The van der Waals surface area contributed by atoms with Gasteiger partial charge in [0.25, 0.3) is 10.1 Å². The Kier molecular flexibility index (Phi) is 21.3. The zero-order valence-electron chi connectivity index (χ0n) is 21.5. The standard InChI is InChI=1S/C27H55FO3S/c1-3-5-7-9-11-13-14-15-16-17-18-20-22-24-26-27(28,32(29,30)31)25-23-21-19-12-10-8-6-4-2/h3-26H2,1-2H3,(H,29,30,31). The van der Waals surface area contributed by atoms with Crippen LogP contribution in [0.2, 0.25) is 0 Å². The fraction of sp³-hybridized carbons (Fsp3) is 1.00. The maximum atomic E-state index is 15.0. The van der Waals surface area contributed by atoms with Crippen LogP contribution >= 0.6 is 0 Å². The third kappa shape index (κ3) is 18.3. The summed E-state index contributed by atoms with van der Waals surface area (Å²) in [6.45, 7) is 4.44. The molecule has 0 aliphatic heterocycles. The predicted molar refractivity (Wildman–Crippen MR) is 138 cm³/mol. The molecule has 0 fully saturated rings. The van der Waals surface area contributed by atoms with Crippen molar-refractivity contribution in [2.45, 2.75) is 173 Å². The Labute approximate surface area is 200 Å².